The molecule has 0 aromatic heterocycles. The molecule has 19 heavy (non-hydrogen) atoms. The van der Waals surface area contributed by atoms with E-state index in [2.05, 4.69) is 0 Å². The van der Waals surface area contributed by atoms with Gasteiger partial charge in [0.15, 0.2) is 5.78 Å². The SMILES string of the molecule is O=C1/C(=C\c2ccccc2F)COc2ccccc21. The fraction of sp³-hybridized carbons (Fsp3) is 0.0625. The molecule has 0 bridgehead atoms. The van der Waals surface area contributed by atoms with Gasteiger partial charge in [0.05, 0.1) is 5.56 Å². The Morgan fingerprint density at radius 2 is 1.79 bits per heavy atom. The van der Waals surface area contributed by atoms with Gasteiger partial charge < -0.3 is 4.74 Å². The van der Waals surface area contributed by atoms with Gasteiger partial charge in [-0.2, -0.15) is 0 Å². The van der Waals surface area contributed by atoms with Crippen LogP contribution in [0.25, 0.3) is 6.08 Å². The van der Waals surface area contributed by atoms with E-state index in [0.717, 1.165) is 0 Å². The number of hydrogen-bond donors (Lipinski definition) is 0. The number of carbonyl (C=O) groups is 1. The molecule has 0 atom stereocenters. The molecule has 1 aliphatic rings. The smallest absolute Gasteiger partial charge is 0.196 e. The standard InChI is InChI=1S/C16H11FO2/c17-14-7-3-1-5-11(14)9-12-10-19-15-8-4-2-6-13(15)16(12)18/h1-9H,10H2/b12-9-. The van der Waals surface area contributed by atoms with Crippen molar-refractivity contribution < 1.29 is 13.9 Å². The predicted octanol–water partition coefficient (Wildman–Crippen LogP) is 3.48. The highest BCUT2D eigenvalue weighted by atomic mass is 19.1. The minimum absolute atomic E-state index is 0.106. The molecular formula is C16H11FO2. The number of Topliss-reactive ketones (excluding diaryl/α,β-unsaturated/α-hetero) is 1. The highest BCUT2D eigenvalue weighted by molar-refractivity contribution is 6.14. The van der Waals surface area contributed by atoms with Crippen molar-refractivity contribution in [3.8, 4) is 5.75 Å². The van der Waals surface area contributed by atoms with Crippen LogP contribution < -0.4 is 4.74 Å². The minimum atomic E-state index is -0.346. The molecule has 2 nitrogen and oxygen atoms in total. The van der Waals surface area contributed by atoms with Crippen molar-refractivity contribution in [1.29, 1.82) is 0 Å². The second-order valence-electron chi connectivity index (χ2n) is 4.31. The summed E-state index contributed by atoms with van der Waals surface area (Å²) >= 11 is 0. The van der Waals surface area contributed by atoms with Gasteiger partial charge in [0.25, 0.3) is 0 Å². The van der Waals surface area contributed by atoms with Crippen LogP contribution in [0.3, 0.4) is 0 Å². The fourth-order valence-electron chi connectivity index (χ4n) is 2.06. The Bertz CT molecular complexity index is 674. The number of ketones is 1. The molecule has 0 N–H and O–H groups in total. The Morgan fingerprint density at radius 3 is 2.63 bits per heavy atom. The Balaban J connectivity index is 2.01. The second kappa shape index (κ2) is 4.69. The van der Waals surface area contributed by atoms with Crippen molar-refractivity contribution in [3.63, 3.8) is 0 Å². The van der Waals surface area contributed by atoms with Crippen molar-refractivity contribution in [3.05, 3.63) is 71.0 Å². The van der Waals surface area contributed by atoms with E-state index in [1.165, 1.54) is 6.07 Å². The van der Waals surface area contributed by atoms with Gasteiger partial charge in [0, 0.05) is 11.1 Å². The first kappa shape index (κ1) is 11.7. The first-order chi connectivity index (χ1) is 9.25. The summed E-state index contributed by atoms with van der Waals surface area (Å²) in [5, 5.41) is 0. The summed E-state index contributed by atoms with van der Waals surface area (Å²) in [6.45, 7) is 0.171. The third kappa shape index (κ3) is 2.15. The Morgan fingerprint density at radius 1 is 1.05 bits per heavy atom. The van der Waals surface area contributed by atoms with Gasteiger partial charge in [-0.25, -0.2) is 4.39 Å². The Labute approximate surface area is 110 Å². The molecule has 0 spiro atoms. The molecule has 94 valence electrons. The molecule has 1 heterocycles. The zero-order valence-electron chi connectivity index (χ0n) is 10.1. The van der Waals surface area contributed by atoms with Crippen molar-refractivity contribution in [2.75, 3.05) is 6.61 Å². The lowest BCUT2D eigenvalue weighted by Crippen LogP contribution is -2.18. The molecule has 0 saturated heterocycles. The first-order valence-corrected chi connectivity index (χ1v) is 5.97. The number of hydrogen-bond acceptors (Lipinski definition) is 2. The Hall–Kier alpha value is -2.42. The molecule has 0 amide bonds. The number of rotatable bonds is 1. The van der Waals surface area contributed by atoms with Gasteiger partial charge in [-0.3, -0.25) is 4.79 Å². The maximum absolute atomic E-state index is 13.6. The molecule has 1 aliphatic heterocycles. The molecule has 0 aliphatic carbocycles. The van der Waals surface area contributed by atoms with Crippen LogP contribution in [-0.4, -0.2) is 12.4 Å². The highest BCUT2D eigenvalue weighted by Gasteiger charge is 2.22. The molecule has 0 saturated carbocycles. The van der Waals surface area contributed by atoms with Gasteiger partial charge in [0.1, 0.15) is 18.2 Å². The zero-order valence-corrected chi connectivity index (χ0v) is 10.1. The average Bonchev–Trinajstić information content (AvgIpc) is 2.44. The molecule has 2 aromatic carbocycles. The summed E-state index contributed by atoms with van der Waals surface area (Å²) in [6, 6.07) is 13.4. The molecule has 2 aromatic rings. The topological polar surface area (TPSA) is 26.3 Å². The van der Waals surface area contributed by atoms with Crippen molar-refractivity contribution in [1.82, 2.24) is 0 Å². The van der Waals surface area contributed by atoms with Crippen molar-refractivity contribution >= 4 is 11.9 Å². The van der Waals surface area contributed by atoms with Crippen LogP contribution in [0.2, 0.25) is 0 Å². The van der Waals surface area contributed by atoms with Crippen LogP contribution in [0.4, 0.5) is 4.39 Å². The maximum atomic E-state index is 13.6. The van der Waals surface area contributed by atoms with E-state index in [1.807, 2.05) is 6.07 Å². The predicted molar refractivity (Wildman–Crippen MR) is 70.6 cm³/mol. The largest absolute Gasteiger partial charge is 0.488 e. The van der Waals surface area contributed by atoms with Crippen LogP contribution in [0.1, 0.15) is 15.9 Å². The Kier molecular flexibility index (Phi) is 2.88. The minimum Gasteiger partial charge on any atom is -0.488 e. The van der Waals surface area contributed by atoms with E-state index in [4.69, 9.17) is 4.74 Å². The van der Waals surface area contributed by atoms with Crippen LogP contribution >= 0.6 is 0 Å². The van der Waals surface area contributed by atoms with Crippen LogP contribution in [0, 0.1) is 5.82 Å². The van der Waals surface area contributed by atoms with Gasteiger partial charge in [0.2, 0.25) is 0 Å². The summed E-state index contributed by atoms with van der Waals surface area (Å²) in [4.78, 5) is 12.3. The quantitative estimate of drug-likeness (QED) is 0.728. The number of carbonyl (C=O) groups excluding carboxylic acids is 1. The summed E-state index contributed by atoms with van der Waals surface area (Å²) < 4.78 is 19.1. The summed E-state index contributed by atoms with van der Waals surface area (Å²) in [7, 11) is 0. The van der Waals surface area contributed by atoms with Crippen LogP contribution in [0.15, 0.2) is 54.1 Å². The molecule has 3 heteroatoms. The number of para-hydroxylation sites is 1. The summed E-state index contributed by atoms with van der Waals surface area (Å²) in [5.41, 5.74) is 1.38. The maximum Gasteiger partial charge on any atom is 0.196 e. The van der Waals surface area contributed by atoms with Crippen molar-refractivity contribution in [2.45, 2.75) is 0 Å². The van der Waals surface area contributed by atoms with E-state index in [0.29, 0.717) is 22.4 Å². The van der Waals surface area contributed by atoms with E-state index in [1.54, 1.807) is 42.5 Å². The molecule has 0 unspecified atom stereocenters. The highest BCUT2D eigenvalue weighted by Crippen LogP contribution is 2.27. The molecule has 0 fully saturated rings. The van der Waals surface area contributed by atoms with Gasteiger partial charge in [-0.15, -0.1) is 0 Å². The molecule has 0 radical (unpaired) electrons. The van der Waals surface area contributed by atoms with E-state index >= 15 is 0 Å². The van der Waals surface area contributed by atoms with Crippen molar-refractivity contribution in [2.24, 2.45) is 0 Å². The van der Waals surface area contributed by atoms with Gasteiger partial charge >= 0.3 is 0 Å². The lowest BCUT2D eigenvalue weighted by atomic mass is 9.98. The normalized spacial score (nSPS) is 16.1. The fourth-order valence-corrected chi connectivity index (χ4v) is 2.06. The monoisotopic (exact) mass is 254 g/mol. The molecule has 3 rings (SSSR count). The average molecular weight is 254 g/mol. The van der Waals surface area contributed by atoms with Gasteiger partial charge in [-0.1, -0.05) is 30.3 Å². The zero-order chi connectivity index (χ0) is 13.2. The third-order valence-electron chi connectivity index (χ3n) is 3.04. The molecular weight excluding hydrogens is 243 g/mol. The number of ether oxygens (including phenoxy) is 1. The number of halogens is 1. The lowest BCUT2D eigenvalue weighted by Gasteiger charge is -2.18. The number of benzene rings is 2. The number of fused-ring (bicyclic) bond motifs is 1. The van der Waals surface area contributed by atoms with E-state index in [9.17, 15) is 9.18 Å². The lowest BCUT2D eigenvalue weighted by molar-refractivity contribution is 0.100. The van der Waals surface area contributed by atoms with Gasteiger partial charge in [-0.05, 0) is 24.3 Å². The second-order valence-corrected chi connectivity index (χ2v) is 4.31. The van der Waals surface area contributed by atoms with E-state index < -0.39 is 0 Å². The third-order valence-corrected chi connectivity index (χ3v) is 3.04. The van der Waals surface area contributed by atoms with Crippen LogP contribution in [-0.2, 0) is 0 Å². The summed E-state index contributed by atoms with van der Waals surface area (Å²) in [5.74, 6) is 0.130. The van der Waals surface area contributed by atoms with E-state index in [-0.39, 0.29) is 18.2 Å². The first-order valence-electron chi connectivity index (χ1n) is 5.97. The summed E-state index contributed by atoms with van der Waals surface area (Å²) in [6.07, 6.45) is 1.55. The van der Waals surface area contributed by atoms with Crippen LogP contribution in [0.5, 0.6) is 5.75 Å².